The summed E-state index contributed by atoms with van der Waals surface area (Å²) in [5, 5.41) is 16.8. The Morgan fingerprint density at radius 1 is 1.33 bits per heavy atom. The van der Waals surface area contributed by atoms with E-state index in [1.54, 1.807) is 13.8 Å². The predicted octanol–water partition coefficient (Wildman–Crippen LogP) is 0.339. The first-order chi connectivity index (χ1) is 5.43. The Balaban J connectivity index is 4.04. The molecule has 0 saturated carbocycles. The second-order valence-electron chi connectivity index (χ2n) is 2.61. The highest BCUT2D eigenvalue weighted by Crippen LogP contribution is 2.02. The number of hydrogen-bond donors (Lipinski definition) is 2. The van der Waals surface area contributed by atoms with E-state index in [0.29, 0.717) is 0 Å². The van der Waals surface area contributed by atoms with Crippen LogP contribution in [-0.2, 0) is 14.3 Å². The Morgan fingerprint density at radius 2 is 1.83 bits per heavy atom. The third kappa shape index (κ3) is 4.68. The number of hydrogen-bond acceptors (Lipinski definition) is 3. The molecular weight excluding hydrogens is 164 g/mol. The number of carbonyl (C=O) groups is 2. The Labute approximate surface area is 70.0 Å². The zero-order chi connectivity index (χ0) is 9.72. The van der Waals surface area contributed by atoms with Crippen LogP contribution in [0.25, 0.3) is 0 Å². The van der Waals surface area contributed by atoms with Crippen LogP contribution in [0, 0.1) is 0 Å². The van der Waals surface area contributed by atoms with Gasteiger partial charge in [0.15, 0.2) is 6.10 Å². The fraction of sp³-hybridized carbons (Fsp3) is 0.714. The minimum absolute atomic E-state index is 0.287. The highest BCUT2D eigenvalue weighted by molar-refractivity contribution is 5.79. The minimum atomic E-state index is -1.25. The van der Waals surface area contributed by atoms with Gasteiger partial charge in [-0.2, -0.15) is 0 Å². The summed E-state index contributed by atoms with van der Waals surface area (Å²) in [7, 11) is 0. The Hall–Kier alpha value is -1.10. The van der Waals surface area contributed by atoms with Gasteiger partial charge in [-0.15, -0.1) is 0 Å². The largest absolute Gasteiger partial charge is 0.481 e. The molecule has 0 radical (unpaired) electrons. The van der Waals surface area contributed by atoms with Crippen molar-refractivity contribution in [1.29, 1.82) is 0 Å². The molecule has 0 aliphatic heterocycles. The molecule has 0 aromatic rings. The second kappa shape index (κ2) is 4.71. The number of ether oxygens (including phenoxy) is 1. The molecule has 0 aliphatic carbocycles. The molecule has 70 valence electrons. The zero-order valence-corrected chi connectivity index (χ0v) is 6.98. The number of aliphatic carboxylic acids is 2. The first kappa shape index (κ1) is 10.9. The Kier molecular flexibility index (Phi) is 4.28. The van der Waals surface area contributed by atoms with Crippen molar-refractivity contribution in [3.63, 3.8) is 0 Å². The van der Waals surface area contributed by atoms with Crippen molar-refractivity contribution in [2.75, 3.05) is 0 Å². The van der Waals surface area contributed by atoms with E-state index in [4.69, 9.17) is 14.9 Å². The summed E-state index contributed by atoms with van der Waals surface area (Å²) in [5.74, 6) is -2.42. The average molecular weight is 176 g/mol. The summed E-state index contributed by atoms with van der Waals surface area (Å²) in [5.41, 5.74) is 0. The van der Waals surface area contributed by atoms with E-state index in [1.165, 1.54) is 0 Å². The average Bonchev–Trinajstić information content (AvgIpc) is 1.83. The van der Waals surface area contributed by atoms with Gasteiger partial charge >= 0.3 is 11.9 Å². The van der Waals surface area contributed by atoms with E-state index in [1.807, 2.05) is 0 Å². The standard InChI is InChI=1S/C7H12O5/c1-4(2)12-5(7(10)11)3-6(8)9/h4-5H,3H2,1-2H3,(H,8,9)(H,10,11)/t5-/m0/s1. The number of carboxylic acids is 2. The molecule has 0 unspecified atom stereocenters. The molecule has 2 N–H and O–H groups in total. The molecule has 1 atom stereocenters. The smallest absolute Gasteiger partial charge is 0.333 e. The van der Waals surface area contributed by atoms with Gasteiger partial charge in [0.1, 0.15) is 0 Å². The molecule has 0 aliphatic rings. The van der Waals surface area contributed by atoms with Crippen LogP contribution < -0.4 is 0 Å². The van der Waals surface area contributed by atoms with Crippen molar-refractivity contribution >= 4 is 11.9 Å². The fourth-order valence-corrected chi connectivity index (χ4v) is 0.681. The molecule has 5 nitrogen and oxygen atoms in total. The van der Waals surface area contributed by atoms with Gasteiger partial charge in [0.2, 0.25) is 0 Å². The van der Waals surface area contributed by atoms with E-state index < -0.39 is 24.5 Å². The van der Waals surface area contributed by atoms with Crippen LogP contribution in [-0.4, -0.2) is 34.4 Å². The maximum Gasteiger partial charge on any atom is 0.333 e. The number of carboxylic acid groups (broad SMARTS) is 2. The van der Waals surface area contributed by atoms with Gasteiger partial charge in [0.05, 0.1) is 12.5 Å². The molecule has 0 rings (SSSR count). The van der Waals surface area contributed by atoms with Crippen LogP contribution in [0.1, 0.15) is 20.3 Å². The summed E-state index contributed by atoms with van der Waals surface area (Å²) in [4.78, 5) is 20.5. The first-order valence-corrected chi connectivity index (χ1v) is 3.53. The maximum absolute atomic E-state index is 10.4. The zero-order valence-electron chi connectivity index (χ0n) is 6.98. The molecule has 0 heterocycles. The second-order valence-corrected chi connectivity index (χ2v) is 2.61. The highest BCUT2D eigenvalue weighted by Gasteiger charge is 2.22. The van der Waals surface area contributed by atoms with Gasteiger partial charge in [-0.3, -0.25) is 4.79 Å². The third-order valence-electron chi connectivity index (χ3n) is 1.07. The summed E-state index contributed by atoms with van der Waals surface area (Å²) < 4.78 is 4.84. The van der Waals surface area contributed by atoms with Gasteiger partial charge in [0, 0.05) is 0 Å². The van der Waals surface area contributed by atoms with Crippen molar-refractivity contribution in [2.45, 2.75) is 32.5 Å². The number of rotatable bonds is 5. The van der Waals surface area contributed by atoms with Crippen LogP contribution in [0.2, 0.25) is 0 Å². The summed E-state index contributed by atoms with van der Waals surface area (Å²) in [6.45, 7) is 3.30. The Bertz CT molecular complexity index is 175. The first-order valence-electron chi connectivity index (χ1n) is 3.53. The maximum atomic E-state index is 10.4. The van der Waals surface area contributed by atoms with Crippen LogP contribution in [0.3, 0.4) is 0 Å². The molecule has 0 spiro atoms. The van der Waals surface area contributed by atoms with Gasteiger partial charge in [0.25, 0.3) is 0 Å². The molecule has 0 aromatic heterocycles. The lowest BCUT2D eigenvalue weighted by atomic mass is 10.2. The molecule has 0 aromatic carbocycles. The quantitative estimate of drug-likeness (QED) is 0.631. The molecule has 12 heavy (non-hydrogen) atoms. The molecule has 0 saturated heterocycles. The summed E-state index contributed by atoms with van der Waals surface area (Å²) in [6, 6.07) is 0. The van der Waals surface area contributed by atoms with E-state index in [9.17, 15) is 9.59 Å². The highest BCUT2D eigenvalue weighted by atomic mass is 16.5. The lowest BCUT2D eigenvalue weighted by Gasteiger charge is -2.13. The van der Waals surface area contributed by atoms with Crippen molar-refractivity contribution < 1.29 is 24.5 Å². The lowest BCUT2D eigenvalue weighted by molar-refractivity contribution is -0.159. The van der Waals surface area contributed by atoms with Gasteiger partial charge in [-0.25, -0.2) is 4.79 Å². The van der Waals surface area contributed by atoms with Crippen LogP contribution in [0.4, 0.5) is 0 Å². The van der Waals surface area contributed by atoms with Crippen molar-refractivity contribution in [2.24, 2.45) is 0 Å². The monoisotopic (exact) mass is 176 g/mol. The van der Waals surface area contributed by atoms with Gasteiger partial charge < -0.3 is 14.9 Å². The topological polar surface area (TPSA) is 83.8 Å². The van der Waals surface area contributed by atoms with Gasteiger partial charge in [-0.1, -0.05) is 0 Å². The minimum Gasteiger partial charge on any atom is -0.481 e. The molecular formula is C7H12O5. The van der Waals surface area contributed by atoms with Crippen LogP contribution in [0.5, 0.6) is 0 Å². The SMILES string of the molecule is CC(C)O[C@@H](CC(=O)O)C(=O)O. The van der Waals surface area contributed by atoms with Crippen molar-refractivity contribution in [3.05, 3.63) is 0 Å². The van der Waals surface area contributed by atoms with Crippen LogP contribution in [0.15, 0.2) is 0 Å². The Morgan fingerprint density at radius 3 is 2.08 bits per heavy atom. The summed E-state index contributed by atoms with van der Waals surface area (Å²) >= 11 is 0. The third-order valence-corrected chi connectivity index (χ3v) is 1.07. The fourth-order valence-electron chi connectivity index (χ4n) is 0.681. The van der Waals surface area contributed by atoms with E-state index in [-0.39, 0.29) is 6.10 Å². The van der Waals surface area contributed by atoms with Crippen molar-refractivity contribution in [1.82, 2.24) is 0 Å². The summed E-state index contributed by atoms with van der Waals surface area (Å²) in [6.07, 6.45) is -2.04. The van der Waals surface area contributed by atoms with E-state index in [2.05, 4.69) is 0 Å². The van der Waals surface area contributed by atoms with Crippen LogP contribution >= 0.6 is 0 Å². The predicted molar refractivity (Wildman–Crippen MR) is 39.9 cm³/mol. The normalized spacial score (nSPS) is 12.9. The van der Waals surface area contributed by atoms with Crippen molar-refractivity contribution in [3.8, 4) is 0 Å². The lowest BCUT2D eigenvalue weighted by Crippen LogP contribution is -2.29. The van der Waals surface area contributed by atoms with Gasteiger partial charge in [-0.05, 0) is 13.8 Å². The molecule has 5 heteroatoms. The molecule has 0 amide bonds. The molecule has 0 fully saturated rings. The van der Waals surface area contributed by atoms with E-state index >= 15 is 0 Å². The molecule has 0 bridgehead atoms. The van der Waals surface area contributed by atoms with E-state index in [0.717, 1.165) is 0 Å².